The SMILES string of the molecule is NCC1CCN(C(=O)C2CCCN(S(=O)(=O)c3ccc(F)cc3)C2)CC1. The fourth-order valence-corrected chi connectivity index (χ4v) is 5.29. The summed E-state index contributed by atoms with van der Waals surface area (Å²) in [5, 5.41) is 0. The van der Waals surface area contributed by atoms with E-state index in [4.69, 9.17) is 5.73 Å². The van der Waals surface area contributed by atoms with E-state index in [9.17, 15) is 17.6 Å². The molecule has 2 fully saturated rings. The van der Waals surface area contributed by atoms with Crippen molar-refractivity contribution in [3.8, 4) is 0 Å². The highest BCUT2D eigenvalue weighted by Crippen LogP contribution is 2.26. The highest BCUT2D eigenvalue weighted by Gasteiger charge is 2.35. The number of amides is 1. The minimum atomic E-state index is -3.71. The second kappa shape index (κ2) is 8.02. The quantitative estimate of drug-likeness (QED) is 0.852. The van der Waals surface area contributed by atoms with Gasteiger partial charge in [-0.2, -0.15) is 4.31 Å². The lowest BCUT2D eigenvalue weighted by Crippen LogP contribution is -2.48. The van der Waals surface area contributed by atoms with Crippen molar-refractivity contribution < 1.29 is 17.6 Å². The Kier molecular flexibility index (Phi) is 5.94. The first-order valence-electron chi connectivity index (χ1n) is 9.16. The van der Waals surface area contributed by atoms with E-state index in [-0.39, 0.29) is 23.3 Å². The molecular weight excluding hydrogens is 357 g/mol. The maximum Gasteiger partial charge on any atom is 0.243 e. The molecule has 1 atom stereocenters. The lowest BCUT2D eigenvalue weighted by Gasteiger charge is -2.37. The van der Waals surface area contributed by atoms with Gasteiger partial charge < -0.3 is 10.6 Å². The largest absolute Gasteiger partial charge is 0.342 e. The van der Waals surface area contributed by atoms with Gasteiger partial charge in [-0.1, -0.05) is 0 Å². The highest BCUT2D eigenvalue weighted by molar-refractivity contribution is 7.89. The van der Waals surface area contributed by atoms with Gasteiger partial charge >= 0.3 is 0 Å². The summed E-state index contributed by atoms with van der Waals surface area (Å²) in [6.07, 6.45) is 3.17. The molecule has 1 aromatic carbocycles. The highest BCUT2D eigenvalue weighted by atomic mass is 32.2. The lowest BCUT2D eigenvalue weighted by atomic mass is 9.93. The molecule has 0 spiro atoms. The van der Waals surface area contributed by atoms with Crippen molar-refractivity contribution in [2.24, 2.45) is 17.6 Å². The van der Waals surface area contributed by atoms with Crippen LogP contribution in [0.2, 0.25) is 0 Å². The average Bonchev–Trinajstić information content (AvgIpc) is 2.68. The first-order valence-corrected chi connectivity index (χ1v) is 10.6. The molecule has 0 aliphatic carbocycles. The van der Waals surface area contributed by atoms with Crippen molar-refractivity contribution >= 4 is 15.9 Å². The van der Waals surface area contributed by atoms with Crippen LogP contribution in [0.15, 0.2) is 29.2 Å². The summed E-state index contributed by atoms with van der Waals surface area (Å²) in [4.78, 5) is 14.7. The molecule has 2 saturated heterocycles. The van der Waals surface area contributed by atoms with E-state index in [0.717, 1.165) is 25.0 Å². The van der Waals surface area contributed by atoms with Crippen LogP contribution in [0.25, 0.3) is 0 Å². The number of hydrogen-bond acceptors (Lipinski definition) is 4. The Morgan fingerprint density at radius 1 is 1.12 bits per heavy atom. The summed E-state index contributed by atoms with van der Waals surface area (Å²) in [6.45, 7) is 2.62. The first-order chi connectivity index (χ1) is 12.4. The van der Waals surface area contributed by atoms with Crippen molar-refractivity contribution in [3.63, 3.8) is 0 Å². The minimum absolute atomic E-state index is 0.0412. The summed E-state index contributed by atoms with van der Waals surface area (Å²) < 4.78 is 40.0. The van der Waals surface area contributed by atoms with Crippen LogP contribution in [-0.4, -0.2) is 56.3 Å². The predicted octanol–water partition coefficient (Wildman–Crippen LogP) is 1.42. The Bertz CT molecular complexity index is 731. The van der Waals surface area contributed by atoms with Gasteiger partial charge in [-0.05, 0) is 62.4 Å². The van der Waals surface area contributed by atoms with Crippen molar-refractivity contribution in [2.45, 2.75) is 30.6 Å². The van der Waals surface area contributed by atoms with Crippen molar-refractivity contribution in [1.29, 1.82) is 0 Å². The van der Waals surface area contributed by atoms with Gasteiger partial charge in [0.2, 0.25) is 15.9 Å². The van der Waals surface area contributed by atoms with Gasteiger partial charge in [-0.25, -0.2) is 12.8 Å². The summed E-state index contributed by atoms with van der Waals surface area (Å²) in [7, 11) is -3.71. The molecule has 6 nitrogen and oxygen atoms in total. The molecule has 2 heterocycles. The molecule has 1 aromatic rings. The van der Waals surface area contributed by atoms with E-state index in [2.05, 4.69) is 0 Å². The molecular formula is C18H26FN3O3S. The van der Waals surface area contributed by atoms with Crippen LogP contribution in [0, 0.1) is 17.7 Å². The summed E-state index contributed by atoms with van der Waals surface area (Å²) in [6, 6.07) is 4.82. The molecule has 3 rings (SSSR count). The Morgan fingerprint density at radius 2 is 1.77 bits per heavy atom. The normalized spacial score (nSPS) is 23.2. The van der Waals surface area contributed by atoms with Gasteiger partial charge in [0, 0.05) is 26.2 Å². The average molecular weight is 383 g/mol. The van der Waals surface area contributed by atoms with Crippen LogP contribution < -0.4 is 5.73 Å². The number of likely N-dealkylation sites (tertiary alicyclic amines) is 1. The number of rotatable bonds is 4. The zero-order valence-electron chi connectivity index (χ0n) is 14.8. The van der Waals surface area contributed by atoms with Crippen LogP contribution in [0.5, 0.6) is 0 Å². The third kappa shape index (κ3) is 4.07. The zero-order valence-corrected chi connectivity index (χ0v) is 15.6. The number of benzene rings is 1. The number of hydrogen-bond donors (Lipinski definition) is 1. The molecule has 8 heteroatoms. The topological polar surface area (TPSA) is 83.7 Å². The standard InChI is InChI=1S/C18H26FN3O3S/c19-16-3-5-17(6-4-16)26(24,25)22-9-1-2-15(13-22)18(23)21-10-7-14(12-20)8-11-21/h3-6,14-15H,1-2,7-13,20H2. The molecule has 2 N–H and O–H groups in total. The van der Waals surface area contributed by atoms with Crippen molar-refractivity contribution in [1.82, 2.24) is 9.21 Å². The van der Waals surface area contributed by atoms with Crippen molar-refractivity contribution in [3.05, 3.63) is 30.1 Å². The first kappa shape index (κ1) is 19.3. The second-order valence-electron chi connectivity index (χ2n) is 7.16. The Hall–Kier alpha value is -1.51. The minimum Gasteiger partial charge on any atom is -0.342 e. The van der Waals surface area contributed by atoms with Crippen LogP contribution in [0.1, 0.15) is 25.7 Å². The monoisotopic (exact) mass is 383 g/mol. The van der Waals surface area contributed by atoms with Crippen LogP contribution in [-0.2, 0) is 14.8 Å². The predicted molar refractivity (Wildman–Crippen MR) is 96.2 cm³/mol. The fraction of sp³-hybridized carbons (Fsp3) is 0.611. The molecule has 26 heavy (non-hydrogen) atoms. The number of sulfonamides is 1. The van der Waals surface area contributed by atoms with Crippen LogP contribution in [0.3, 0.4) is 0 Å². The maximum atomic E-state index is 13.1. The molecule has 1 amide bonds. The molecule has 1 unspecified atom stereocenters. The maximum absolute atomic E-state index is 13.1. The second-order valence-corrected chi connectivity index (χ2v) is 9.10. The molecule has 0 saturated carbocycles. The molecule has 2 aliphatic rings. The molecule has 0 aromatic heterocycles. The van der Waals surface area contributed by atoms with E-state index in [1.807, 2.05) is 4.90 Å². The van der Waals surface area contributed by atoms with Crippen LogP contribution in [0.4, 0.5) is 4.39 Å². The Morgan fingerprint density at radius 3 is 2.38 bits per heavy atom. The Balaban J connectivity index is 1.67. The van der Waals surface area contributed by atoms with Gasteiger partial charge in [0.05, 0.1) is 10.8 Å². The molecule has 144 valence electrons. The number of halogens is 1. The summed E-state index contributed by atoms with van der Waals surface area (Å²) in [5.41, 5.74) is 5.70. The fourth-order valence-electron chi connectivity index (χ4n) is 3.77. The summed E-state index contributed by atoms with van der Waals surface area (Å²) >= 11 is 0. The smallest absolute Gasteiger partial charge is 0.243 e. The lowest BCUT2D eigenvalue weighted by molar-refractivity contribution is -0.138. The molecule has 0 bridgehead atoms. The van der Waals surface area contributed by atoms with Gasteiger partial charge in [0.1, 0.15) is 5.82 Å². The van der Waals surface area contributed by atoms with Crippen molar-refractivity contribution in [2.75, 3.05) is 32.7 Å². The number of nitrogens with zero attached hydrogens (tertiary/aromatic N) is 2. The number of carbonyl (C=O) groups excluding carboxylic acids is 1. The Labute approximate surface area is 154 Å². The van der Waals surface area contributed by atoms with Crippen LogP contribution >= 0.6 is 0 Å². The van der Waals surface area contributed by atoms with E-state index >= 15 is 0 Å². The van der Waals surface area contributed by atoms with Gasteiger partial charge in [-0.15, -0.1) is 0 Å². The van der Waals surface area contributed by atoms with E-state index in [0.29, 0.717) is 44.9 Å². The third-order valence-electron chi connectivity index (χ3n) is 5.44. The third-order valence-corrected chi connectivity index (χ3v) is 7.32. The summed E-state index contributed by atoms with van der Waals surface area (Å²) in [5.74, 6) is -0.273. The van der Waals surface area contributed by atoms with E-state index in [1.165, 1.54) is 16.4 Å². The number of nitrogens with two attached hydrogens (primary N) is 1. The van der Waals surface area contributed by atoms with Gasteiger partial charge in [0.25, 0.3) is 0 Å². The van der Waals surface area contributed by atoms with Gasteiger partial charge in [0.15, 0.2) is 0 Å². The van der Waals surface area contributed by atoms with E-state index < -0.39 is 15.8 Å². The van der Waals surface area contributed by atoms with E-state index in [1.54, 1.807) is 0 Å². The van der Waals surface area contributed by atoms with Gasteiger partial charge in [-0.3, -0.25) is 4.79 Å². The number of carbonyl (C=O) groups is 1. The number of piperidine rings is 2. The molecule has 0 radical (unpaired) electrons. The zero-order chi connectivity index (χ0) is 18.7. The molecule has 2 aliphatic heterocycles.